The molecule has 0 aliphatic heterocycles. The molecule has 0 saturated carbocycles. The van der Waals surface area contributed by atoms with E-state index >= 15 is 0 Å². The number of carbonyl (C=O) groups excluding carboxylic acids is 1. The topological polar surface area (TPSA) is 115 Å². The van der Waals surface area contributed by atoms with E-state index in [9.17, 15) is 14.9 Å². The second kappa shape index (κ2) is 8.21. The SMILES string of the molecule is CCc1nnc2sc(-c3cccc(NC(=O)/C=C/c4cccc([N+](=O)[O-])c4)c3)nn12. The maximum atomic E-state index is 12.3. The minimum atomic E-state index is -0.474. The molecule has 2 aromatic carbocycles. The van der Waals surface area contributed by atoms with Crippen LogP contribution in [0.25, 0.3) is 21.6 Å². The number of nitrogens with zero attached hydrogens (tertiary/aromatic N) is 5. The van der Waals surface area contributed by atoms with Crippen molar-refractivity contribution < 1.29 is 9.72 Å². The van der Waals surface area contributed by atoms with Gasteiger partial charge in [-0.2, -0.15) is 9.61 Å². The first-order valence-electron chi connectivity index (χ1n) is 9.08. The summed E-state index contributed by atoms with van der Waals surface area (Å²) in [5.74, 6) is 0.452. The lowest BCUT2D eigenvalue weighted by Crippen LogP contribution is -2.07. The van der Waals surface area contributed by atoms with Crippen LogP contribution in [-0.2, 0) is 11.2 Å². The third kappa shape index (κ3) is 4.08. The summed E-state index contributed by atoms with van der Waals surface area (Å²) in [5, 5.41) is 27.2. The van der Waals surface area contributed by atoms with Crippen LogP contribution < -0.4 is 5.32 Å². The Morgan fingerprint density at radius 1 is 1.23 bits per heavy atom. The summed E-state index contributed by atoms with van der Waals surface area (Å²) < 4.78 is 1.73. The number of benzene rings is 2. The van der Waals surface area contributed by atoms with Crippen LogP contribution in [-0.4, -0.2) is 30.6 Å². The van der Waals surface area contributed by atoms with E-state index < -0.39 is 4.92 Å². The molecular formula is C20H16N6O3S. The van der Waals surface area contributed by atoms with E-state index in [4.69, 9.17) is 0 Å². The third-order valence-electron chi connectivity index (χ3n) is 4.26. The van der Waals surface area contributed by atoms with E-state index in [-0.39, 0.29) is 11.6 Å². The molecule has 0 bridgehead atoms. The number of hydrogen-bond acceptors (Lipinski definition) is 7. The van der Waals surface area contributed by atoms with Gasteiger partial charge in [0.15, 0.2) is 5.82 Å². The predicted molar refractivity (Wildman–Crippen MR) is 114 cm³/mol. The van der Waals surface area contributed by atoms with Crippen LogP contribution in [0.4, 0.5) is 11.4 Å². The molecule has 4 rings (SSSR count). The van der Waals surface area contributed by atoms with Gasteiger partial charge in [0, 0.05) is 35.9 Å². The number of amides is 1. The molecule has 4 aromatic rings. The van der Waals surface area contributed by atoms with E-state index in [0.717, 1.165) is 27.8 Å². The average Bonchev–Trinajstić information content (AvgIpc) is 3.33. The number of aryl methyl sites for hydroxylation is 1. The number of nitrogens with one attached hydrogen (secondary N) is 1. The van der Waals surface area contributed by atoms with Crippen molar-refractivity contribution in [1.82, 2.24) is 19.8 Å². The average molecular weight is 420 g/mol. The van der Waals surface area contributed by atoms with Gasteiger partial charge in [-0.1, -0.05) is 42.5 Å². The standard InChI is InChI=1S/C20H16N6O3S/c1-2-17-22-23-20-25(17)24-19(30-20)14-6-4-7-15(12-14)21-18(27)10-9-13-5-3-8-16(11-13)26(28)29/h3-12H,2H2,1H3,(H,21,27)/b10-9+. The minimum absolute atomic E-state index is 0.0264. The largest absolute Gasteiger partial charge is 0.322 e. The van der Waals surface area contributed by atoms with E-state index in [1.165, 1.54) is 35.6 Å². The van der Waals surface area contributed by atoms with Gasteiger partial charge in [0.05, 0.1) is 4.92 Å². The number of hydrogen-bond donors (Lipinski definition) is 1. The van der Waals surface area contributed by atoms with Gasteiger partial charge in [-0.25, -0.2) is 0 Å². The lowest BCUT2D eigenvalue weighted by Gasteiger charge is -2.04. The molecule has 0 unspecified atom stereocenters. The summed E-state index contributed by atoms with van der Waals surface area (Å²) in [6.45, 7) is 1.99. The Kier molecular flexibility index (Phi) is 5.31. The first-order valence-corrected chi connectivity index (χ1v) is 9.90. The molecule has 9 nitrogen and oxygen atoms in total. The van der Waals surface area contributed by atoms with Crippen molar-refractivity contribution in [3.8, 4) is 10.6 Å². The highest BCUT2D eigenvalue weighted by atomic mass is 32.1. The van der Waals surface area contributed by atoms with Crippen molar-refractivity contribution >= 4 is 39.7 Å². The van der Waals surface area contributed by atoms with Crippen LogP contribution in [0, 0.1) is 10.1 Å². The van der Waals surface area contributed by atoms with Crippen molar-refractivity contribution in [3.63, 3.8) is 0 Å². The summed E-state index contributed by atoms with van der Waals surface area (Å²) in [4.78, 5) is 23.4. The van der Waals surface area contributed by atoms with E-state index in [1.54, 1.807) is 22.7 Å². The zero-order chi connectivity index (χ0) is 21.1. The fourth-order valence-electron chi connectivity index (χ4n) is 2.82. The number of rotatable bonds is 6. The first-order chi connectivity index (χ1) is 14.5. The molecule has 150 valence electrons. The number of carbonyl (C=O) groups is 1. The summed E-state index contributed by atoms with van der Waals surface area (Å²) >= 11 is 1.42. The van der Waals surface area contributed by atoms with Gasteiger partial charge in [0.25, 0.3) is 5.69 Å². The number of fused-ring (bicyclic) bond motifs is 1. The third-order valence-corrected chi connectivity index (χ3v) is 5.20. The highest BCUT2D eigenvalue weighted by Gasteiger charge is 2.12. The van der Waals surface area contributed by atoms with Gasteiger partial charge in [-0.15, -0.1) is 10.2 Å². The van der Waals surface area contributed by atoms with Crippen LogP contribution in [0.15, 0.2) is 54.6 Å². The molecule has 0 aliphatic rings. The fraction of sp³-hybridized carbons (Fsp3) is 0.100. The zero-order valence-corrected chi connectivity index (χ0v) is 16.7. The summed E-state index contributed by atoms with van der Waals surface area (Å²) in [6.07, 6.45) is 3.60. The molecule has 2 heterocycles. The van der Waals surface area contributed by atoms with Crippen molar-refractivity contribution in [3.05, 3.63) is 76.1 Å². The molecule has 0 fully saturated rings. The van der Waals surface area contributed by atoms with Gasteiger partial charge in [-0.05, 0) is 23.8 Å². The van der Waals surface area contributed by atoms with Gasteiger partial charge < -0.3 is 5.32 Å². The van der Waals surface area contributed by atoms with Gasteiger partial charge >= 0.3 is 0 Å². The molecule has 1 N–H and O–H groups in total. The molecule has 0 aliphatic carbocycles. The minimum Gasteiger partial charge on any atom is -0.322 e. The van der Waals surface area contributed by atoms with E-state index in [2.05, 4.69) is 20.6 Å². The Labute approximate surface area is 174 Å². The Morgan fingerprint density at radius 2 is 2.07 bits per heavy atom. The molecule has 0 spiro atoms. The quantitative estimate of drug-likeness (QED) is 0.287. The Morgan fingerprint density at radius 3 is 2.87 bits per heavy atom. The van der Waals surface area contributed by atoms with Crippen molar-refractivity contribution in [2.45, 2.75) is 13.3 Å². The number of nitro benzene ring substituents is 1. The number of nitro groups is 1. The number of aromatic nitrogens is 4. The van der Waals surface area contributed by atoms with Crippen LogP contribution in [0.2, 0.25) is 0 Å². The molecular weight excluding hydrogens is 404 g/mol. The first kappa shape index (κ1) is 19.4. The summed E-state index contributed by atoms with van der Waals surface area (Å²) in [5.41, 5.74) is 2.01. The smallest absolute Gasteiger partial charge is 0.270 e. The van der Waals surface area contributed by atoms with Gasteiger partial charge in [-0.3, -0.25) is 14.9 Å². The Bertz CT molecular complexity index is 1280. The van der Waals surface area contributed by atoms with Crippen molar-refractivity contribution in [2.24, 2.45) is 0 Å². The normalized spacial score (nSPS) is 11.2. The van der Waals surface area contributed by atoms with Gasteiger partial charge in [0.2, 0.25) is 10.9 Å². The van der Waals surface area contributed by atoms with E-state index in [1.807, 2.05) is 25.1 Å². The highest BCUT2D eigenvalue weighted by molar-refractivity contribution is 7.19. The predicted octanol–water partition coefficient (Wildman–Crippen LogP) is 3.98. The monoisotopic (exact) mass is 420 g/mol. The second-order valence-corrected chi connectivity index (χ2v) is 7.28. The van der Waals surface area contributed by atoms with Crippen LogP contribution in [0.1, 0.15) is 18.3 Å². The van der Waals surface area contributed by atoms with Gasteiger partial charge in [0.1, 0.15) is 5.01 Å². The van der Waals surface area contributed by atoms with E-state index in [0.29, 0.717) is 11.3 Å². The number of anilines is 1. The zero-order valence-electron chi connectivity index (χ0n) is 15.8. The molecule has 30 heavy (non-hydrogen) atoms. The summed E-state index contributed by atoms with van der Waals surface area (Å²) in [7, 11) is 0. The fourth-order valence-corrected chi connectivity index (χ4v) is 3.68. The lowest BCUT2D eigenvalue weighted by atomic mass is 10.2. The number of non-ortho nitro benzene ring substituents is 1. The Balaban J connectivity index is 1.49. The molecule has 1 amide bonds. The van der Waals surface area contributed by atoms with Crippen molar-refractivity contribution in [2.75, 3.05) is 5.32 Å². The molecule has 10 heteroatoms. The second-order valence-electron chi connectivity index (χ2n) is 6.33. The van der Waals surface area contributed by atoms with Crippen LogP contribution >= 0.6 is 11.3 Å². The molecule has 0 saturated heterocycles. The maximum absolute atomic E-state index is 12.3. The molecule has 2 aromatic heterocycles. The lowest BCUT2D eigenvalue weighted by molar-refractivity contribution is -0.384. The highest BCUT2D eigenvalue weighted by Crippen LogP contribution is 2.27. The molecule has 0 atom stereocenters. The van der Waals surface area contributed by atoms with Crippen molar-refractivity contribution in [1.29, 1.82) is 0 Å². The van der Waals surface area contributed by atoms with Crippen LogP contribution in [0.5, 0.6) is 0 Å². The molecule has 0 radical (unpaired) electrons. The van der Waals surface area contributed by atoms with Crippen LogP contribution in [0.3, 0.4) is 0 Å². The summed E-state index contributed by atoms with van der Waals surface area (Å²) in [6, 6.07) is 13.4. The maximum Gasteiger partial charge on any atom is 0.270 e. The Hall–Kier alpha value is -3.92.